The van der Waals surface area contributed by atoms with Crippen molar-refractivity contribution in [2.45, 2.75) is 6.92 Å². The zero-order chi connectivity index (χ0) is 22.5. The Morgan fingerprint density at radius 2 is 1.66 bits per heavy atom. The molecular weight excluding hydrogens is 408 g/mol. The van der Waals surface area contributed by atoms with Crippen molar-refractivity contribution in [3.63, 3.8) is 0 Å². The fraction of sp³-hybridized carbons (Fsp3) is 0.0833. The standard InChI is InChI=1S/C24H20N4O4/c1-16-22(26-27-28(16)19-9-6-10-21(15-19)31-2)24(30)32-20-13-11-18(12-14-20)25-23(29)17-7-4-3-5-8-17/h3-15H,1-2H3,(H,25,29). The van der Waals surface area contributed by atoms with Crippen LogP contribution in [0.25, 0.3) is 5.69 Å². The van der Waals surface area contributed by atoms with E-state index in [-0.39, 0.29) is 11.6 Å². The van der Waals surface area contributed by atoms with Crippen LogP contribution in [-0.4, -0.2) is 34.0 Å². The smallest absolute Gasteiger partial charge is 0.366 e. The molecule has 0 saturated heterocycles. The van der Waals surface area contributed by atoms with Crippen LogP contribution in [0.4, 0.5) is 5.69 Å². The number of hydrogen-bond acceptors (Lipinski definition) is 6. The van der Waals surface area contributed by atoms with E-state index < -0.39 is 5.97 Å². The van der Waals surface area contributed by atoms with E-state index in [4.69, 9.17) is 9.47 Å². The summed E-state index contributed by atoms with van der Waals surface area (Å²) in [7, 11) is 1.58. The van der Waals surface area contributed by atoms with Gasteiger partial charge in [0, 0.05) is 17.3 Å². The van der Waals surface area contributed by atoms with Gasteiger partial charge in [-0.2, -0.15) is 0 Å². The third kappa shape index (κ3) is 4.49. The molecule has 1 aromatic heterocycles. The molecule has 0 aliphatic heterocycles. The maximum atomic E-state index is 12.6. The molecule has 8 heteroatoms. The van der Waals surface area contributed by atoms with Gasteiger partial charge in [0.2, 0.25) is 0 Å². The van der Waals surface area contributed by atoms with Gasteiger partial charge in [0.1, 0.15) is 11.5 Å². The molecule has 0 radical (unpaired) electrons. The van der Waals surface area contributed by atoms with E-state index >= 15 is 0 Å². The van der Waals surface area contributed by atoms with Crippen LogP contribution in [0.1, 0.15) is 26.5 Å². The summed E-state index contributed by atoms with van der Waals surface area (Å²) in [6.07, 6.45) is 0. The number of carbonyl (C=O) groups is 2. The number of nitrogens with zero attached hydrogens (tertiary/aromatic N) is 3. The van der Waals surface area contributed by atoms with Crippen molar-refractivity contribution in [1.82, 2.24) is 15.0 Å². The molecular formula is C24H20N4O4. The highest BCUT2D eigenvalue weighted by molar-refractivity contribution is 6.04. The first-order valence-electron chi connectivity index (χ1n) is 9.80. The van der Waals surface area contributed by atoms with Crippen molar-refractivity contribution in [3.05, 3.63) is 95.8 Å². The van der Waals surface area contributed by atoms with Gasteiger partial charge in [0.15, 0.2) is 5.69 Å². The average molecular weight is 428 g/mol. The van der Waals surface area contributed by atoms with Crippen molar-refractivity contribution in [2.75, 3.05) is 12.4 Å². The predicted octanol–water partition coefficient (Wildman–Crippen LogP) is 4.06. The Kier molecular flexibility index (Phi) is 5.94. The van der Waals surface area contributed by atoms with Gasteiger partial charge in [0.25, 0.3) is 5.91 Å². The highest BCUT2D eigenvalue weighted by Gasteiger charge is 2.20. The maximum Gasteiger partial charge on any atom is 0.366 e. The zero-order valence-corrected chi connectivity index (χ0v) is 17.5. The first kappa shape index (κ1) is 20.8. The molecule has 32 heavy (non-hydrogen) atoms. The van der Waals surface area contributed by atoms with Gasteiger partial charge in [-0.1, -0.05) is 29.5 Å². The summed E-state index contributed by atoms with van der Waals surface area (Å²) >= 11 is 0. The minimum absolute atomic E-state index is 0.106. The van der Waals surface area contributed by atoms with Crippen molar-refractivity contribution in [2.24, 2.45) is 0 Å². The Morgan fingerprint density at radius 3 is 2.38 bits per heavy atom. The molecule has 0 aliphatic rings. The Labute approximate surface area is 184 Å². The van der Waals surface area contributed by atoms with E-state index in [0.29, 0.717) is 34.1 Å². The number of aromatic nitrogens is 3. The number of ether oxygens (including phenoxy) is 2. The molecule has 4 rings (SSSR count). The van der Waals surface area contributed by atoms with Crippen LogP contribution >= 0.6 is 0 Å². The van der Waals surface area contributed by atoms with Crippen LogP contribution in [0.3, 0.4) is 0 Å². The van der Waals surface area contributed by atoms with Crippen LogP contribution in [0, 0.1) is 6.92 Å². The maximum absolute atomic E-state index is 12.6. The van der Waals surface area contributed by atoms with Crippen LogP contribution in [0.5, 0.6) is 11.5 Å². The quantitative estimate of drug-likeness (QED) is 0.368. The van der Waals surface area contributed by atoms with Crippen molar-refractivity contribution < 1.29 is 19.1 Å². The monoisotopic (exact) mass is 428 g/mol. The topological polar surface area (TPSA) is 95.3 Å². The lowest BCUT2D eigenvalue weighted by atomic mass is 10.2. The van der Waals surface area contributed by atoms with E-state index in [0.717, 1.165) is 0 Å². The number of hydrogen-bond donors (Lipinski definition) is 1. The zero-order valence-electron chi connectivity index (χ0n) is 17.5. The molecule has 4 aromatic rings. The molecule has 0 spiro atoms. The third-order valence-corrected chi connectivity index (χ3v) is 4.74. The minimum atomic E-state index is -0.627. The lowest BCUT2D eigenvalue weighted by Gasteiger charge is -2.08. The highest BCUT2D eigenvalue weighted by atomic mass is 16.5. The van der Waals surface area contributed by atoms with E-state index in [2.05, 4.69) is 15.6 Å². The molecule has 160 valence electrons. The highest BCUT2D eigenvalue weighted by Crippen LogP contribution is 2.21. The summed E-state index contributed by atoms with van der Waals surface area (Å²) in [6.45, 7) is 1.73. The van der Waals surface area contributed by atoms with Gasteiger partial charge in [-0.3, -0.25) is 4.79 Å². The molecule has 1 N–H and O–H groups in total. The molecule has 0 aliphatic carbocycles. The van der Waals surface area contributed by atoms with Gasteiger partial charge in [-0.25, -0.2) is 9.48 Å². The number of rotatable bonds is 6. The van der Waals surface area contributed by atoms with Gasteiger partial charge in [-0.05, 0) is 55.5 Å². The molecule has 0 saturated carbocycles. The van der Waals surface area contributed by atoms with Crippen LogP contribution in [0.15, 0.2) is 78.9 Å². The SMILES string of the molecule is COc1cccc(-n2nnc(C(=O)Oc3ccc(NC(=O)c4ccccc4)cc3)c2C)c1. The first-order valence-corrected chi connectivity index (χ1v) is 9.80. The lowest BCUT2D eigenvalue weighted by Crippen LogP contribution is -2.12. The normalized spacial score (nSPS) is 10.4. The Morgan fingerprint density at radius 1 is 0.906 bits per heavy atom. The number of anilines is 1. The van der Waals surface area contributed by atoms with Gasteiger partial charge in [0.05, 0.1) is 18.5 Å². The molecule has 1 heterocycles. The summed E-state index contributed by atoms with van der Waals surface area (Å²) in [5.74, 6) is 0.141. The van der Waals surface area contributed by atoms with E-state index in [1.54, 1.807) is 73.3 Å². The number of nitrogens with one attached hydrogen (secondary N) is 1. The summed E-state index contributed by atoms with van der Waals surface area (Å²) in [5.41, 5.74) is 2.49. The number of carbonyl (C=O) groups excluding carboxylic acids is 2. The molecule has 0 unspecified atom stereocenters. The Hall–Kier alpha value is -4.46. The second-order valence-corrected chi connectivity index (χ2v) is 6.87. The van der Waals surface area contributed by atoms with Gasteiger partial charge < -0.3 is 14.8 Å². The van der Waals surface area contributed by atoms with Crippen LogP contribution in [0.2, 0.25) is 0 Å². The second-order valence-electron chi connectivity index (χ2n) is 6.87. The molecule has 3 aromatic carbocycles. The lowest BCUT2D eigenvalue weighted by molar-refractivity contribution is 0.0727. The minimum Gasteiger partial charge on any atom is -0.497 e. The summed E-state index contributed by atoms with van der Waals surface area (Å²) in [6, 6.07) is 22.7. The van der Waals surface area contributed by atoms with Crippen molar-refractivity contribution >= 4 is 17.6 Å². The number of amides is 1. The summed E-state index contributed by atoms with van der Waals surface area (Å²) in [5, 5.41) is 10.8. The van der Waals surface area contributed by atoms with E-state index in [1.165, 1.54) is 0 Å². The van der Waals surface area contributed by atoms with Crippen LogP contribution < -0.4 is 14.8 Å². The number of esters is 1. The molecule has 0 bridgehead atoms. The Bertz CT molecular complexity index is 1250. The number of benzene rings is 3. The third-order valence-electron chi connectivity index (χ3n) is 4.74. The fourth-order valence-corrected chi connectivity index (χ4v) is 3.06. The predicted molar refractivity (Wildman–Crippen MR) is 118 cm³/mol. The van der Waals surface area contributed by atoms with Crippen LogP contribution in [-0.2, 0) is 0 Å². The first-order chi connectivity index (χ1) is 15.5. The molecule has 0 fully saturated rings. The second kappa shape index (κ2) is 9.13. The van der Waals surface area contributed by atoms with Gasteiger partial charge in [-0.15, -0.1) is 5.10 Å². The average Bonchev–Trinajstić information content (AvgIpc) is 3.22. The number of methoxy groups -OCH3 is 1. The van der Waals surface area contributed by atoms with E-state index in [9.17, 15) is 9.59 Å². The Balaban J connectivity index is 1.44. The van der Waals surface area contributed by atoms with Crippen molar-refractivity contribution in [1.29, 1.82) is 0 Å². The van der Waals surface area contributed by atoms with E-state index in [1.807, 2.05) is 24.3 Å². The largest absolute Gasteiger partial charge is 0.497 e. The van der Waals surface area contributed by atoms with Crippen molar-refractivity contribution in [3.8, 4) is 17.2 Å². The summed E-state index contributed by atoms with van der Waals surface area (Å²) in [4.78, 5) is 24.9. The van der Waals surface area contributed by atoms with Gasteiger partial charge >= 0.3 is 5.97 Å². The fourth-order valence-electron chi connectivity index (χ4n) is 3.06. The molecule has 8 nitrogen and oxygen atoms in total. The molecule has 1 amide bonds. The molecule has 0 atom stereocenters. The summed E-state index contributed by atoms with van der Waals surface area (Å²) < 4.78 is 12.2.